The van der Waals surface area contributed by atoms with Crippen LogP contribution in [-0.4, -0.2) is 51.8 Å². The normalized spacial score (nSPS) is 14.5. The minimum Gasteiger partial charge on any atom is -0.457 e. The number of amides is 2. The van der Waals surface area contributed by atoms with Crippen molar-refractivity contribution in [3.8, 4) is 11.5 Å². The number of aromatic nitrogens is 2. The number of benzene rings is 2. The van der Waals surface area contributed by atoms with Crippen molar-refractivity contribution in [2.75, 3.05) is 31.5 Å². The maximum Gasteiger partial charge on any atom is 0.323 e. The summed E-state index contributed by atoms with van der Waals surface area (Å²) in [5.74, 6) is 2.08. The molecule has 0 aliphatic carbocycles. The highest BCUT2D eigenvalue weighted by Gasteiger charge is 2.22. The van der Waals surface area contributed by atoms with Crippen molar-refractivity contribution >= 4 is 39.4 Å². The number of anilines is 1. The molecule has 2 aromatic carbocycles. The number of halogens is 2. The van der Waals surface area contributed by atoms with Crippen LogP contribution in [0.1, 0.15) is 5.56 Å². The van der Waals surface area contributed by atoms with Crippen LogP contribution < -0.4 is 10.1 Å². The Balaban J connectivity index is 1.29. The van der Waals surface area contributed by atoms with Gasteiger partial charge in [0, 0.05) is 51.0 Å². The van der Waals surface area contributed by atoms with Gasteiger partial charge < -0.3 is 9.64 Å². The molecule has 1 aliphatic heterocycles. The van der Waals surface area contributed by atoms with Crippen molar-refractivity contribution in [2.45, 2.75) is 6.54 Å². The molecule has 7 nitrogen and oxygen atoms in total. The van der Waals surface area contributed by atoms with E-state index in [2.05, 4.69) is 37.3 Å². The third-order valence-electron chi connectivity index (χ3n) is 5.02. The van der Waals surface area contributed by atoms with E-state index in [1.165, 1.54) is 5.56 Å². The molecule has 1 saturated heterocycles. The second-order valence-electron chi connectivity index (χ2n) is 7.40. The molecule has 0 spiro atoms. The summed E-state index contributed by atoms with van der Waals surface area (Å²) in [7, 11) is 1.81. The zero-order valence-corrected chi connectivity index (χ0v) is 19.4. The molecule has 4 rings (SSSR count). The van der Waals surface area contributed by atoms with E-state index in [0.29, 0.717) is 23.9 Å². The quantitative estimate of drug-likeness (QED) is 0.532. The number of nitrogens with one attached hydrogen (secondary N) is 1. The van der Waals surface area contributed by atoms with Crippen molar-refractivity contribution in [1.82, 2.24) is 19.6 Å². The van der Waals surface area contributed by atoms with Crippen LogP contribution in [0.5, 0.6) is 11.5 Å². The average Bonchev–Trinajstić information content (AvgIpc) is 3.07. The smallest absolute Gasteiger partial charge is 0.323 e. The molecule has 2 heterocycles. The minimum atomic E-state index is -0.127. The number of nitrogens with zero attached hydrogens (tertiary/aromatic N) is 4. The lowest BCUT2D eigenvalue weighted by Gasteiger charge is -2.34. The van der Waals surface area contributed by atoms with Crippen LogP contribution in [0.25, 0.3) is 0 Å². The van der Waals surface area contributed by atoms with E-state index in [1.54, 1.807) is 10.9 Å². The molecule has 0 bridgehead atoms. The Morgan fingerprint density at radius 1 is 1.13 bits per heavy atom. The van der Waals surface area contributed by atoms with Crippen molar-refractivity contribution in [3.05, 3.63) is 69.8 Å². The number of piperazine rings is 1. The molecule has 3 aromatic rings. The molecule has 0 atom stereocenters. The summed E-state index contributed by atoms with van der Waals surface area (Å²) in [6, 6.07) is 15.3. The molecule has 1 N–H and O–H groups in total. The van der Waals surface area contributed by atoms with E-state index < -0.39 is 0 Å². The summed E-state index contributed by atoms with van der Waals surface area (Å²) in [4.78, 5) is 16.7. The highest BCUT2D eigenvalue weighted by Crippen LogP contribution is 2.24. The molecule has 1 aliphatic rings. The van der Waals surface area contributed by atoms with Crippen molar-refractivity contribution in [2.24, 2.45) is 7.05 Å². The standard InChI is InChI=1S/C22H23BrClN5O2/c1-27-15-20(23)21(26-27)25-22(30)29-11-9-28(10-12-29)14-16-3-2-4-19(13-16)31-18-7-5-17(24)6-8-18/h2-8,13,15H,9-12,14H2,1H3,(H,25,26,30). The van der Waals surface area contributed by atoms with Gasteiger partial charge in [-0.3, -0.25) is 14.9 Å². The molecule has 0 radical (unpaired) electrons. The maximum atomic E-state index is 12.5. The lowest BCUT2D eigenvalue weighted by molar-refractivity contribution is 0.143. The van der Waals surface area contributed by atoms with Crippen LogP contribution in [0.2, 0.25) is 5.02 Å². The van der Waals surface area contributed by atoms with Crippen molar-refractivity contribution in [1.29, 1.82) is 0 Å². The van der Waals surface area contributed by atoms with Gasteiger partial charge in [0.2, 0.25) is 0 Å². The zero-order valence-electron chi connectivity index (χ0n) is 17.1. The Hall–Kier alpha value is -2.55. The first-order valence-electron chi connectivity index (χ1n) is 9.96. The number of aryl methyl sites for hydroxylation is 1. The topological polar surface area (TPSA) is 62.6 Å². The van der Waals surface area contributed by atoms with Crippen LogP contribution in [0, 0.1) is 0 Å². The first-order valence-corrected chi connectivity index (χ1v) is 11.1. The first-order chi connectivity index (χ1) is 15.0. The Labute approximate surface area is 194 Å². The van der Waals surface area contributed by atoms with Crippen molar-refractivity contribution in [3.63, 3.8) is 0 Å². The maximum absolute atomic E-state index is 12.5. The van der Waals surface area contributed by atoms with E-state index in [0.717, 1.165) is 35.6 Å². The number of hydrogen-bond acceptors (Lipinski definition) is 4. The number of carbonyl (C=O) groups excluding carboxylic acids is 1. The fourth-order valence-electron chi connectivity index (χ4n) is 3.44. The minimum absolute atomic E-state index is 0.127. The van der Waals surface area contributed by atoms with E-state index >= 15 is 0 Å². The third kappa shape index (κ3) is 5.78. The van der Waals surface area contributed by atoms with Crippen LogP contribution in [-0.2, 0) is 13.6 Å². The largest absolute Gasteiger partial charge is 0.457 e. The van der Waals surface area contributed by atoms with Gasteiger partial charge in [-0.25, -0.2) is 4.79 Å². The van der Waals surface area contributed by atoms with E-state index in [-0.39, 0.29) is 6.03 Å². The van der Waals surface area contributed by atoms with Crippen LogP contribution in [0.3, 0.4) is 0 Å². The SMILES string of the molecule is Cn1cc(Br)c(NC(=O)N2CCN(Cc3cccc(Oc4ccc(Cl)cc4)c3)CC2)n1. The predicted octanol–water partition coefficient (Wildman–Crippen LogP) is 4.98. The number of ether oxygens (including phenoxy) is 1. The Bertz CT molecular complexity index is 1050. The van der Waals surface area contributed by atoms with E-state index in [9.17, 15) is 4.79 Å². The molecule has 162 valence electrons. The number of rotatable bonds is 5. The molecule has 9 heteroatoms. The molecule has 1 fully saturated rings. The first kappa shape index (κ1) is 21.7. The second-order valence-corrected chi connectivity index (χ2v) is 8.69. The molecule has 31 heavy (non-hydrogen) atoms. The molecule has 0 saturated carbocycles. The summed E-state index contributed by atoms with van der Waals surface area (Å²) in [6.45, 7) is 3.74. The molecule has 2 amide bonds. The Kier molecular flexibility index (Phi) is 6.80. The molecular formula is C22H23BrClN5O2. The van der Waals surface area contributed by atoms with Crippen LogP contribution in [0.15, 0.2) is 59.2 Å². The van der Waals surface area contributed by atoms with Crippen LogP contribution in [0.4, 0.5) is 10.6 Å². The summed E-state index contributed by atoms with van der Waals surface area (Å²) in [5.41, 5.74) is 1.17. The summed E-state index contributed by atoms with van der Waals surface area (Å²) < 4.78 is 8.35. The summed E-state index contributed by atoms with van der Waals surface area (Å²) in [5, 5.41) is 7.79. The molecule has 0 unspecified atom stereocenters. The number of carbonyl (C=O) groups is 1. The van der Waals surface area contributed by atoms with Gasteiger partial charge in [-0.2, -0.15) is 5.10 Å². The lowest BCUT2D eigenvalue weighted by atomic mass is 10.2. The Morgan fingerprint density at radius 2 is 1.87 bits per heavy atom. The zero-order chi connectivity index (χ0) is 21.8. The third-order valence-corrected chi connectivity index (χ3v) is 5.86. The van der Waals surface area contributed by atoms with E-state index in [1.807, 2.05) is 54.4 Å². The van der Waals surface area contributed by atoms with Crippen LogP contribution >= 0.6 is 27.5 Å². The van der Waals surface area contributed by atoms with Gasteiger partial charge in [-0.05, 0) is 57.9 Å². The highest BCUT2D eigenvalue weighted by atomic mass is 79.9. The summed E-state index contributed by atoms with van der Waals surface area (Å²) >= 11 is 9.34. The fourth-order valence-corrected chi connectivity index (χ4v) is 4.04. The number of hydrogen-bond donors (Lipinski definition) is 1. The van der Waals surface area contributed by atoms with Gasteiger partial charge in [0.1, 0.15) is 11.5 Å². The predicted molar refractivity (Wildman–Crippen MR) is 125 cm³/mol. The molecule has 1 aromatic heterocycles. The fraction of sp³-hybridized carbons (Fsp3) is 0.273. The van der Waals surface area contributed by atoms with Gasteiger partial charge in [-0.1, -0.05) is 23.7 Å². The van der Waals surface area contributed by atoms with Gasteiger partial charge in [0.15, 0.2) is 5.82 Å². The average molecular weight is 505 g/mol. The number of urea groups is 1. The highest BCUT2D eigenvalue weighted by molar-refractivity contribution is 9.10. The second kappa shape index (κ2) is 9.72. The Morgan fingerprint density at radius 3 is 2.55 bits per heavy atom. The monoisotopic (exact) mass is 503 g/mol. The summed E-state index contributed by atoms with van der Waals surface area (Å²) in [6.07, 6.45) is 1.80. The van der Waals surface area contributed by atoms with Gasteiger partial charge >= 0.3 is 6.03 Å². The lowest BCUT2D eigenvalue weighted by Crippen LogP contribution is -2.49. The van der Waals surface area contributed by atoms with Gasteiger partial charge in [0.25, 0.3) is 0 Å². The van der Waals surface area contributed by atoms with E-state index in [4.69, 9.17) is 16.3 Å². The van der Waals surface area contributed by atoms with Crippen molar-refractivity contribution < 1.29 is 9.53 Å². The molecular weight excluding hydrogens is 482 g/mol. The van der Waals surface area contributed by atoms with Gasteiger partial charge in [-0.15, -0.1) is 0 Å². The van der Waals surface area contributed by atoms with Gasteiger partial charge in [0.05, 0.1) is 4.47 Å².